The Morgan fingerprint density at radius 1 is 1.25 bits per heavy atom. The number of hydrogen-bond acceptors (Lipinski definition) is 3. The summed E-state index contributed by atoms with van der Waals surface area (Å²) in [6.45, 7) is 2.82. The summed E-state index contributed by atoms with van der Waals surface area (Å²) in [5.74, 6) is 0.867. The lowest BCUT2D eigenvalue weighted by atomic mass is 10.1. The number of rotatable bonds is 3. The maximum atomic E-state index is 4.24. The van der Waals surface area contributed by atoms with E-state index in [1.807, 2.05) is 24.4 Å². The zero-order valence-corrected chi connectivity index (χ0v) is 10.5. The summed E-state index contributed by atoms with van der Waals surface area (Å²) in [6.07, 6.45) is 5.45. The van der Waals surface area contributed by atoms with E-state index in [0.29, 0.717) is 0 Å². The summed E-state index contributed by atoms with van der Waals surface area (Å²) in [5.41, 5.74) is 2.42. The van der Waals surface area contributed by atoms with E-state index >= 15 is 0 Å². The van der Waals surface area contributed by atoms with Gasteiger partial charge in [0.2, 0.25) is 0 Å². The van der Waals surface area contributed by atoms with Crippen LogP contribution in [0, 0.1) is 6.92 Å². The molecule has 0 aliphatic carbocycles. The lowest BCUT2D eigenvalue weighted by molar-refractivity contribution is 1.06. The second-order valence-corrected chi connectivity index (χ2v) is 4.43. The average Bonchev–Trinajstić information content (AvgIpc) is 2.30. The van der Waals surface area contributed by atoms with Crippen LogP contribution in [0.5, 0.6) is 0 Å². The first-order valence-electron chi connectivity index (χ1n) is 5.00. The van der Waals surface area contributed by atoms with Gasteiger partial charge in [-0.15, -0.1) is 0 Å². The van der Waals surface area contributed by atoms with Crippen molar-refractivity contribution in [3.63, 3.8) is 0 Å². The molecule has 2 aromatic heterocycles. The van der Waals surface area contributed by atoms with Gasteiger partial charge in [-0.3, -0.25) is 4.98 Å². The van der Waals surface area contributed by atoms with Gasteiger partial charge < -0.3 is 5.32 Å². The van der Waals surface area contributed by atoms with Crippen LogP contribution < -0.4 is 5.32 Å². The van der Waals surface area contributed by atoms with Crippen LogP contribution in [0.3, 0.4) is 0 Å². The van der Waals surface area contributed by atoms with Crippen LogP contribution in [0.25, 0.3) is 0 Å². The maximum absolute atomic E-state index is 4.24. The molecule has 0 aliphatic rings. The molecule has 0 saturated heterocycles. The molecule has 0 spiro atoms. The molecule has 0 bridgehead atoms. The lowest BCUT2D eigenvalue weighted by Gasteiger charge is -2.07. The summed E-state index contributed by atoms with van der Waals surface area (Å²) in [7, 11) is 0. The third-order valence-electron chi connectivity index (χ3n) is 2.33. The van der Waals surface area contributed by atoms with E-state index in [0.717, 1.165) is 16.8 Å². The molecule has 0 radical (unpaired) electrons. The Balaban J connectivity index is 2.02. The molecule has 2 heterocycles. The summed E-state index contributed by atoms with van der Waals surface area (Å²) < 4.78 is 0.982. The minimum atomic E-state index is 0.744. The predicted molar refractivity (Wildman–Crippen MR) is 68.2 cm³/mol. The minimum absolute atomic E-state index is 0.744. The second-order valence-electron chi connectivity index (χ2n) is 3.52. The van der Waals surface area contributed by atoms with Gasteiger partial charge in [-0.2, -0.15) is 0 Å². The van der Waals surface area contributed by atoms with Crippen LogP contribution in [0.1, 0.15) is 11.1 Å². The molecule has 0 amide bonds. The molecule has 1 N–H and O–H groups in total. The van der Waals surface area contributed by atoms with Crippen LogP contribution in [0.2, 0.25) is 0 Å². The standard InChI is InChI=1S/C12H12BrN3/c1-9-4-5-14-6-10(9)7-15-12-3-2-11(13)8-16-12/h2-6,8H,7H2,1H3,(H,15,16). The number of nitrogens with one attached hydrogen (secondary N) is 1. The molecule has 0 aliphatic heterocycles. The molecule has 0 unspecified atom stereocenters. The van der Waals surface area contributed by atoms with E-state index < -0.39 is 0 Å². The first-order chi connectivity index (χ1) is 7.75. The van der Waals surface area contributed by atoms with Crippen molar-refractivity contribution in [3.05, 3.63) is 52.4 Å². The molecular weight excluding hydrogens is 266 g/mol. The molecule has 2 rings (SSSR count). The number of nitrogens with zero attached hydrogens (tertiary/aromatic N) is 2. The van der Waals surface area contributed by atoms with Gasteiger partial charge in [0.25, 0.3) is 0 Å². The molecule has 0 saturated carbocycles. The van der Waals surface area contributed by atoms with Crippen molar-refractivity contribution in [2.24, 2.45) is 0 Å². The Kier molecular flexibility index (Phi) is 3.51. The number of aryl methyl sites for hydroxylation is 1. The van der Waals surface area contributed by atoms with Crippen molar-refractivity contribution < 1.29 is 0 Å². The monoisotopic (exact) mass is 277 g/mol. The Morgan fingerprint density at radius 2 is 2.12 bits per heavy atom. The quantitative estimate of drug-likeness (QED) is 0.937. The molecule has 0 fully saturated rings. The topological polar surface area (TPSA) is 37.8 Å². The number of halogens is 1. The molecule has 0 aromatic carbocycles. The molecule has 2 aromatic rings. The Bertz CT molecular complexity index is 468. The van der Waals surface area contributed by atoms with Gasteiger partial charge in [0.05, 0.1) is 0 Å². The van der Waals surface area contributed by atoms with Crippen molar-refractivity contribution in [2.45, 2.75) is 13.5 Å². The number of aromatic nitrogens is 2. The van der Waals surface area contributed by atoms with Gasteiger partial charge in [-0.05, 0) is 52.2 Å². The summed E-state index contributed by atoms with van der Waals surface area (Å²) in [6, 6.07) is 5.91. The first kappa shape index (κ1) is 11.1. The van der Waals surface area contributed by atoms with E-state index in [-0.39, 0.29) is 0 Å². The maximum Gasteiger partial charge on any atom is 0.126 e. The van der Waals surface area contributed by atoms with Crippen LogP contribution in [-0.2, 0) is 6.54 Å². The largest absolute Gasteiger partial charge is 0.366 e. The zero-order valence-electron chi connectivity index (χ0n) is 8.94. The van der Waals surface area contributed by atoms with E-state index in [2.05, 4.69) is 38.1 Å². The number of pyridine rings is 2. The van der Waals surface area contributed by atoms with Gasteiger partial charge >= 0.3 is 0 Å². The molecular formula is C12H12BrN3. The van der Waals surface area contributed by atoms with Gasteiger partial charge in [-0.25, -0.2) is 4.98 Å². The van der Waals surface area contributed by atoms with Crippen molar-refractivity contribution >= 4 is 21.7 Å². The zero-order chi connectivity index (χ0) is 11.4. The number of hydrogen-bond donors (Lipinski definition) is 1. The fourth-order valence-corrected chi connectivity index (χ4v) is 1.58. The van der Waals surface area contributed by atoms with Gasteiger partial charge in [0.1, 0.15) is 5.82 Å². The van der Waals surface area contributed by atoms with Gasteiger partial charge in [-0.1, -0.05) is 0 Å². The van der Waals surface area contributed by atoms with E-state index in [1.165, 1.54) is 11.1 Å². The third kappa shape index (κ3) is 2.79. The normalized spacial score (nSPS) is 10.1. The molecule has 0 atom stereocenters. The highest BCUT2D eigenvalue weighted by atomic mass is 79.9. The average molecular weight is 278 g/mol. The van der Waals surface area contributed by atoms with Gasteiger partial charge in [0.15, 0.2) is 0 Å². The third-order valence-corrected chi connectivity index (χ3v) is 2.80. The smallest absolute Gasteiger partial charge is 0.126 e. The number of anilines is 1. The van der Waals surface area contributed by atoms with Crippen LogP contribution in [0.15, 0.2) is 41.3 Å². The summed E-state index contributed by atoms with van der Waals surface area (Å²) in [4.78, 5) is 8.35. The fourth-order valence-electron chi connectivity index (χ4n) is 1.35. The van der Waals surface area contributed by atoms with Gasteiger partial charge in [0, 0.05) is 29.6 Å². The molecule has 82 valence electrons. The highest BCUT2D eigenvalue weighted by Gasteiger charge is 1.98. The lowest BCUT2D eigenvalue weighted by Crippen LogP contribution is -2.02. The Morgan fingerprint density at radius 3 is 2.81 bits per heavy atom. The SMILES string of the molecule is Cc1ccncc1CNc1ccc(Br)cn1. The van der Waals surface area contributed by atoms with Crippen molar-refractivity contribution in [1.82, 2.24) is 9.97 Å². The summed E-state index contributed by atoms with van der Waals surface area (Å²) >= 11 is 3.35. The minimum Gasteiger partial charge on any atom is -0.366 e. The molecule has 4 heteroatoms. The van der Waals surface area contributed by atoms with E-state index in [4.69, 9.17) is 0 Å². The highest BCUT2D eigenvalue weighted by Crippen LogP contribution is 2.12. The van der Waals surface area contributed by atoms with Crippen molar-refractivity contribution in [1.29, 1.82) is 0 Å². The Hall–Kier alpha value is -1.42. The highest BCUT2D eigenvalue weighted by molar-refractivity contribution is 9.10. The van der Waals surface area contributed by atoms with Crippen molar-refractivity contribution in [3.8, 4) is 0 Å². The predicted octanol–water partition coefficient (Wildman–Crippen LogP) is 3.16. The summed E-state index contributed by atoms with van der Waals surface area (Å²) in [5, 5.41) is 3.26. The van der Waals surface area contributed by atoms with Crippen LogP contribution in [0.4, 0.5) is 5.82 Å². The Labute approximate surface area is 103 Å². The second kappa shape index (κ2) is 5.07. The fraction of sp³-hybridized carbons (Fsp3) is 0.167. The molecule has 16 heavy (non-hydrogen) atoms. The van der Waals surface area contributed by atoms with Crippen LogP contribution in [-0.4, -0.2) is 9.97 Å². The molecule has 3 nitrogen and oxygen atoms in total. The first-order valence-corrected chi connectivity index (χ1v) is 5.80. The van der Waals surface area contributed by atoms with E-state index in [1.54, 1.807) is 12.4 Å². The van der Waals surface area contributed by atoms with Crippen molar-refractivity contribution in [2.75, 3.05) is 5.32 Å². The van der Waals surface area contributed by atoms with E-state index in [9.17, 15) is 0 Å². The van der Waals surface area contributed by atoms with Crippen LogP contribution >= 0.6 is 15.9 Å².